The van der Waals surface area contributed by atoms with Gasteiger partial charge in [0.05, 0.1) is 0 Å². The predicted octanol–water partition coefficient (Wildman–Crippen LogP) is 4.42. The molecule has 0 atom stereocenters. The molecule has 3 heteroatoms. The first kappa shape index (κ1) is 14.5. The third-order valence-electron chi connectivity index (χ3n) is 2.99. The van der Waals surface area contributed by atoms with Crippen molar-refractivity contribution in [2.45, 2.75) is 33.4 Å². The van der Waals surface area contributed by atoms with Gasteiger partial charge in [-0.3, -0.25) is 0 Å². The van der Waals surface area contributed by atoms with Gasteiger partial charge in [-0.05, 0) is 36.2 Å². The molecule has 0 radical (unpaired) electrons. The highest BCUT2D eigenvalue weighted by Crippen LogP contribution is 2.26. The quantitative estimate of drug-likeness (QED) is 0.870. The van der Waals surface area contributed by atoms with Crippen molar-refractivity contribution < 1.29 is 9.13 Å². The molecule has 0 saturated carbocycles. The van der Waals surface area contributed by atoms with Gasteiger partial charge in [-0.15, -0.1) is 0 Å². The smallest absolute Gasteiger partial charge is 0.130 e. The minimum Gasteiger partial charge on any atom is -0.457 e. The lowest BCUT2D eigenvalue weighted by atomic mass is 10.1. The van der Waals surface area contributed by atoms with Gasteiger partial charge in [-0.25, -0.2) is 4.39 Å². The SMILES string of the molecule is Cc1ccc(CNC(C)C)cc1Oc1cccc(F)c1. The summed E-state index contributed by atoms with van der Waals surface area (Å²) in [6.45, 7) is 6.99. The van der Waals surface area contributed by atoms with E-state index in [1.165, 1.54) is 12.1 Å². The largest absolute Gasteiger partial charge is 0.457 e. The Morgan fingerprint density at radius 1 is 1.15 bits per heavy atom. The van der Waals surface area contributed by atoms with Gasteiger partial charge in [0.1, 0.15) is 17.3 Å². The van der Waals surface area contributed by atoms with E-state index in [0.717, 1.165) is 23.4 Å². The molecule has 2 nitrogen and oxygen atoms in total. The van der Waals surface area contributed by atoms with Gasteiger partial charge in [-0.2, -0.15) is 0 Å². The third kappa shape index (κ3) is 4.07. The monoisotopic (exact) mass is 273 g/mol. The number of hydrogen-bond acceptors (Lipinski definition) is 2. The van der Waals surface area contributed by atoms with Crippen molar-refractivity contribution in [2.75, 3.05) is 0 Å². The van der Waals surface area contributed by atoms with Gasteiger partial charge < -0.3 is 10.1 Å². The zero-order valence-corrected chi connectivity index (χ0v) is 12.1. The van der Waals surface area contributed by atoms with E-state index in [4.69, 9.17) is 4.74 Å². The van der Waals surface area contributed by atoms with Gasteiger partial charge in [0.25, 0.3) is 0 Å². The third-order valence-corrected chi connectivity index (χ3v) is 2.99. The molecule has 1 N–H and O–H groups in total. The van der Waals surface area contributed by atoms with Crippen LogP contribution in [0.25, 0.3) is 0 Å². The van der Waals surface area contributed by atoms with E-state index < -0.39 is 0 Å². The van der Waals surface area contributed by atoms with Gasteiger partial charge in [0.2, 0.25) is 0 Å². The molecular formula is C17H20FNO. The molecule has 20 heavy (non-hydrogen) atoms. The second-order valence-electron chi connectivity index (χ2n) is 5.19. The highest BCUT2D eigenvalue weighted by Gasteiger charge is 2.05. The van der Waals surface area contributed by atoms with Crippen LogP contribution in [0.5, 0.6) is 11.5 Å². The number of benzene rings is 2. The molecule has 0 aliphatic heterocycles. The van der Waals surface area contributed by atoms with Gasteiger partial charge in [0, 0.05) is 18.7 Å². The van der Waals surface area contributed by atoms with Crippen molar-refractivity contribution in [3.05, 3.63) is 59.4 Å². The first-order valence-corrected chi connectivity index (χ1v) is 6.81. The Hall–Kier alpha value is -1.87. The van der Waals surface area contributed by atoms with E-state index in [-0.39, 0.29) is 5.82 Å². The minimum absolute atomic E-state index is 0.294. The van der Waals surface area contributed by atoms with Crippen LogP contribution in [0.4, 0.5) is 4.39 Å². The minimum atomic E-state index is -0.294. The van der Waals surface area contributed by atoms with Gasteiger partial charge >= 0.3 is 0 Å². The lowest BCUT2D eigenvalue weighted by Crippen LogP contribution is -2.21. The summed E-state index contributed by atoms with van der Waals surface area (Å²) in [7, 11) is 0. The Kier molecular flexibility index (Phi) is 4.74. The predicted molar refractivity (Wildman–Crippen MR) is 79.6 cm³/mol. The van der Waals surface area contributed by atoms with Crippen molar-refractivity contribution in [3.8, 4) is 11.5 Å². The Bertz CT molecular complexity index is 581. The lowest BCUT2D eigenvalue weighted by molar-refractivity contribution is 0.471. The van der Waals surface area contributed by atoms with Crippen LogP contribution >= 0.6 is 0 Å². The maximum absolute atomic E-state index is 13.2. The maximum Gasteiger partial charge on any atom is 0.130 e. The summed E-state index contributed by atoms with van der Waals surface area (Å²) in [4.78, 5) is 0. The van der Waals surface area contributed by atoms with E-state index in [9.17, 15) is 4.39 Å². The van der Waals surface area contributed by atoms with Crippen LogP contribution in [-0.4, -0.2) is 6.04 Å². The maximum atomic E-state index is 13.2. The summed E-state index contributed by atoms with van der Waals surface area (Å²) in [6.07, 6.45) is 0. The van der Waals surface area contributed by atoms with Crippen LogP contribution in [-0.2, 0) is 6.54 Å². The molecule has 0 aliphatic carbocycles. The highest BCUT2D eigenvalue weighted by atomic mass is 19.1. The Labute approximate surface area is 119 Å². The summed E-state index contributed by atoms with van der Waals surface area (Å²) in [5.74, 6) is 0.985. The molecule has 0 fully saturated rings. The molecule has 0 spiro atoms. The molecule has 0 heterocycles. The Morgan fingerprint density at radius 2 is 1.95 bits per heavy atom. The molecule has 106 valence electrons. The van der Waals surface area contributed by atoms with Crippen molar-refractivity contribution in [2.24, 2.45) is 0 Å². The fraction of sp³-hybridized carbons (Fsp3) is 0.294. The lowest BCUT2D eigenvalue weighted by Gasteiger charge is -2.12. The van der Waals surface area contributed by atoms with Crippen molar-refractivity contribution in [1.29, 1.82) is 0 Å². The van der Waals surface area contributed by atoms with Crippen molar-refractivity contribution >= 4 is 0 Å². The molecular weight excluding hydrogens is 253 g/mol. The zero-order chi connectivity index (χ0) is 14.5. The number of hydrogen-bond donors (Lipinski definition) is 1. The summed E-state index contributed by atoms with van der Waals surface area (Å²) >= 11 is 0. The van der Waals surface area contributed by atoms with Gasteiger partial charge in [-0.1, -0.05) is 32.0 Å². The molecule has 2 aromatic rings. The van der Waals surface area contributed by atoms with Crippen LogP contribution in [0.2, 0.25) is 0 Å². The fourth-order valence-electron chi connectivity index (χ4n) is 1.84. The average molecular weight is 273 g/mol. The summed E-state index contributed by atoms with van der Waals surface area (Å²) in [6, 6.07) is 12.7. The first-order chi connectivity index (χ1) is 9.54. The number of ether oxygens (including phenoxy) is 1. The number of nitrogens with one attached hydrogen (secondary N) is 1. The Morgan fingerprint density at radius 3 is 2.65 bits per heavy atom. The van der Waals surface area contributed by atoms with Crippen LogP contribution in [0.15, 0.2) is 42.5 Å². The highest BCUT2D eigenvalue weighted by molar-refractivity contribution is 5.40. The molecule has 0 unspecified atom stereocenters. The second kappa shape index (κ2) is 6.53. The molecule has 2 aromatic carbocycles. The number of halogens is 1. The van der Waals surface area contributed by atoms with Gasteiger partial charge in [0.15, 0.2) is 0 Å². The van der Waals surface area contributed by atoms with Crippen LogP contribution in [0.3, 0.4) is 0 Å². The number of aryl methyl sites for hydroxylation is 1. The van der Waals surface area contributed by atoms with E-state index in [2.05, 4.69) is 25.2 Å². The van der Waals surface area contributed by atoms with Crippen molar-refractivity contribution in [3.63, 3.8) is 0 Å². The molecule has 2 rings (SSSR count). The van der Waals surface area contributed by atoms with E-state index in [0.29, 0.717) is 11.8 Å². The second-order valence-corrected chi connectivity index (χ2v) is 5.19. The summed E-state index contributed by atoms with van der Waals surface area (Å²) in [5, 5.41) is 3.37. The summed E-state index contributed by atoms with van der Waals surface area (Å²) < 4.78 is 18.9. The first-order valence-electron chi connectivity index (χ1n) is 6.81. The average Bonchev–Trinajstić information content (AvgIpc) is 2.39. The Balaban J connectivity index is 2.16. The molecule has 0 aliphatic rings. The summed E-state index contributed by atoms with van der Waals surface area (Å²) in [5.41, 5.74) is 2.18. The van der Waals surface area contributed by atoms with E-state index in [1.807, 2.05) is 19.1 Å². The molecule has 0 aromatic heterocycles. The molecule has 0 amide bonds. The van der Waals surface area contributed by atoms with E-state index >= 15 is 0 Å². The van der Waals surface area contributed by atoms with Crippen LogP contribution in [0.1, 0.15) is 25.0 Å². The fourth-order valence-corrected chi connectivity index (χ4v) is 1.84. The standard InChI is InChI=1S/C17H20FNO/c1-12(2)19-11-14-8-7-13(3)17(9-14)20-16-6-4-5-15(18)10-16/h4-10,12,19H,11H2,1-3H3. The van der Waals surface area contributed by atoms with Crippen LogP contribution in [0, 0.1) is 12.7 Å². The van der Waals surface area contributed by atoms with Crippen LogP contribution < -0.4 is 10.1 Å². The zero-order valence-electron chi connectivity index (χ0n) is 12.1. The van der Waals surface area contributed by atoms with Crippen molar-refractivity contribution in [1.82, 2.24) is 5.32 Å². The van der Waals surface area contributed by atoms with E-state index in [1.54, 1.807) is 12.1 Å². The molecule has 0 bridgehead atoms. The topological polar surface area (TPSA) is 21.3 Å². The molecule has 0 saturated heterocycles. The normalized spacial score (nSPS) is 10.8. The number of rotatable bonds is 5.